The summed E-state index contributed by atoms with van der Waals surface area (Å²) in [5.41, 5.74) is 5.50. The van der Waals surface area contributed by atoms with E-state index in [-0.39, 0.29) is 29.6 Å². The van der Waals surface area contributed by atoms with Crippen molar-refractivity contribution in [1.82, 2.24) is 24.7 Å². The molecule has 4 aliphatic rings. The van der Waals surface area contributed by atoms with Crippen LogP contribution < -0.4 is 25.2 Å². The van der Waals surface area contributed by atoms with Gasteiger partial charge in [0.05, 0.1) is 42.5 Å². The molecular formula is C47H57ClN6O6. The van der Waals surface area contributed by atoms with Crippen LogP contribution in [-0.2, 0) is 22.5 Å². The van der Waals surface area contributed by atoms with Gasteiger partial charge in [0.25, 0.3) is 11.5 Å². The molecule has 1 aliphatic carbocycles. The molecule has 1 N–H and O–H groups in total. The first kappa shape index (κ1) is 41.8. The van der Waals surface area contributed by atoms with E-state index in [1.165, 1.54) is 5.57 Å². The standard InChI is InChI=1S/C47H57ClN6O6/c1-4-5-19-53-30-39(36-11-18-49-29-38(36)47(53)57)33-27-42(58-2)37(43(28-33)59-3)16-22-51-20-12-34(13-21-51)60-35-14-23-52(24-15-35)46(56)32-9-10-40(48)41(26-32)54-25-17-44(55)50-45(54)31-7-6-8-31/h9-11,18,26-30,34-35H,4-8,12-17,19-25H2,1-3H3,(H,50,55). The highest BCUT2D eigenvalue weighted by molar-refractivity contribution is 6.33. The third-order valence-electron chi connectivity index (χ3n) is 12.8. The summed E-state index contributed by atoms with van der Waals surface area (Å²) in [6.07, 6.45) is 15.4. The fraction of sp³-hybridized carbons (Fsp3) is 0.489. The van der Waals surface area contributed by atoms with Crippen LogP contribution in [-0.4, -0.2) is 96.9 Å². The van der Waals surface area contributed by atoms with Crippen molar-refractivity contribution < 1.29 is 23.8 Å². The number of unbranched alkanes of at least 4 members (excludes halogenated alkanes) is 1. The Labute approximate surface area is 357 Å². The van der Waals surface area contributed by atoms with E-state index in [1.54, 1.807) is 37.2 Å². The Balaban J connectivity index is 0.844. The zero-order valence-electron chi connectivity index (χ0n) is 35.1. The molecule has 2 aromatic heterocycles. The second kappa shape index (κ2) is 18.8. The number of benzene rings is 2. The zero-order chi connectivity index (χ0) is 41.8. The van der Waals surface area contributed by atoms with Crippen molar-refractivity contribution in [2.24, 2.45) is 0 Å². The molecule has 4 fully saturated rings. The molecule has 12 nitrogen and oxygen atoms in total. The van der Waals surface area contributed by atoms with Crippen LogP contribution in [0.15, 0.2) is 71.2 Å². The molecule has 2 amide bonds. The molecule has 1 saturated carbocycles. The van der Waals surface area contributed by atoms with Crippen molar-refractivity contribution in [3.05, 3.63) is 92.9 Å². The number of likely N-dealkylation sites (tertiary alicyclic amines) is 2. The number of carbonyl (C=O) groups excluding carboxylic acids is 2. The highest BCUT2D eigenvalue weighted by Crippen LogP contribution is 2.39. The molecule has 318 valence electrons. The van der Waals surface area contributed by atoms with Gasteiger partial charge in [0.15, 0.2) is 0 Å². The molecular weight excluding hydrogens is 780 g/mol. The number of aryl methyl sites for hydroxylation is 1. The lowest BCUT2D eigenvalue weighted by Gasteiger charge is -2.38. The minimum Gasteiger partial charge on any atom is -0.496 e. The summed E-state index contributed by atoms with van der Waals surface area (Å²) >= 11 is 6.70. The summed E-state index contributed by atoms with van der Waals surface area (Å²) in [6, 6.07) is 11.5. The number of hydrogen-bond acceptors (Lipinski definition) is 9. The maximum atomic E-state index is 13.7. The van der Waals surface area contributed by atoms with E-state index in [0.717, 1.165) is 129 Å². The summed E-state index contributed by atoms with van der Waals surface area (Å²) in [5, 5.41) is 5.10. The number of carbonyl (C=O) groups is 2. The van der Waals surface area contributed by atoms with Crippen molar-refractivity contribution in [1.29, 1.82) is 0 Å². The molecule has 0 spiro atoms. The largest absolute Gasteiger partial charge is 0.496 e. The van der Waals surface area contributed by atoms with E-state index in [0.29, 0.717) is 48.6 Å². The maximum Gasteiger partial charge on any atom is 0.260 e. The van der Waals surface area contributed by atoms with Gasteiger partial charge in [-0.05, 0) is 111 Å². The van der Waals surface area contributed by atoms with Crippen LogP contribution in [0.4, 0.5) is 5.69 Å². The van der Waals surface area contributed by atoms with E-state index < -0.39 is 0 Å². The number of allylic oxidation sites excluding steroid dienone is 1. The van der Waals surface area contributed by atoms with Gasteiger partial charge in [0.1, 0.15) is 17.3 Å². The molecule has 0 unspecified atom stereocenters. The molecule has 0 radical (unpaired) electrons. The van der Waals surface area contributed by atoms with Crippen LogP contribution in [0.1, 0.15) is 87.1 Å². The van der Waals surface area contributed by atoms with Crippen molar-refractivity contribution >= 4 is 39.9 Å². The number of hydrogen-bond donors (Lipinski definition) is 1. The summed E-state index contributed by atoms with van der Waals surface area (Å²) in [6.45, 7) is 7.37. The topological polar surface area (TPSA) is 118 Å². The van der Waals surface area contributed by atoms with Gasteiger partial charge in [-0.2, -0.15) is 0 Å². The molecule has 60 heavy (non-hydrogen) atoms. The number of anilines is 1. The van der Waals surface area contributed by atoms with Crippen molar-refractivity contribution in [2.75, 3.05) is 58.4 Å². The minimum absolute atomic E-state index is 0.000896. The molecule has 5 heterocycles. The molecule has 4 aromatic rings. The predicted molar refractivity (Wildman–Crippen MR) is 235 cm³/mol. The highest BCUT2D eigenvalue weighted by atomic mass is 35.5. The SMILES string of the molecule is CCCCn1cc(-c2cc(OC)c(CCN3CCC(OC4CCN(C(=O)c5ccc(Cl)c(N6CCC(=O)NC6=C6CCC6)c5)CC4)CC3)c(OC)c2)c2ccncc2c1=O. The fourth-order valence-corrected chi connectivity index (χ4v) is 9.31. The quantitative estimate of drug-likeness (QED) is 0.145. The van der Waals surface area contributed by atoms with Gasteiger partial charge < -0.3 is 38.8 Å². The summed E-state index contributed by atoms with van der Waals surface area (Å²) in [7, 11) is 3.40. The molecule has 8 rings (SSSR count). The monoisotopic (exact) mass is 836 g/mol. The van der Waals surface area contributed by atoms with Crippen molar-refractivity contribution in [3.63, 3.8) is 0 Å². The van der Waals surface area contributed by atoms with Gasteiger partial charge in [-0.3, -0.25) is 19.4 Å². The van der Waals surface area contributed by atoms with E-state index in [9.17, 15) is 14.4 Å². The number of halogens is 1. The number of nitrogens with zero attached hydrogens (tertiary/aromatic N) is 5. The van der Waals surface area contributed by atoms with E-state index in [4.69, 9.17) is 25.8 Å². The normalized spacial score (nSPS) is 18.2. The van der Waals surface area contributed by atoms with Gasteiger partial charge in [-0.1, -0.05) is 24.9 Å². The Morgan fingerprint density at radius 2 is 1.60 bits per heavy atom. The number of methoxy groups -OCH3 is 2. The molecule has 3 saturated heterocycles. The first-order chi connectivity index (χ1) is 29.2. The number of aromatic nitrogens is 2. The Morgan fingerprint density at radius 3 is 2.27 bits per heavy atom. The Kier molecular flexibility index (Phi) is 13.1. The third-order valence-corrected chi connectivity index (χ3v) is 13.1. The Bertz CT molecular complexity index is 2280. The average molecular weight is 837 g/mol. The Hall–Kier alpha value is -4.91. The molecule has 13 heteroatoms. The maximum absolute atomic E-state index is 13.7. The van der Waals surface area contributed by atoms with Gasteiger partial charge >= 0.3 is 0 Å². The smallest absolute Gasteiger partial charge is 0.260 e. The van der Waals surface area contributed by atoms with Gasteiger partial charge in [-0.25, -0.2) is 0 Å². The Morgan fingerprint density at radius 1 is 0.883 bits per heavy atom. The zero-order valence-corrected chi connectivity index (χ0v) is 35.9. The van der Waals surface area contributed by atoms with E-state index in [1.807, 2.05) is 29.3 Å². The van der Waals surface area contributed by atoms with Crippen molar-refractivity contribution in [2.45, 2.75) is 96.3 Å². The molecule has 0 atom stereocenters. The number of nitrogens with one attached hydrogen (secondary N) is 1. The molecule has 3 aliphatic heterocycles. The number of ether oxygens (including phenoxy) is 3. The van der Waals surface area contributed by atoms with Crippen LogP contribution >= 0.6 is 11.6 Å². The van der Waals surface area contributed by atoms with Crippen LogP contribution in [0.25, 0.3) is 21.9 Å². The number of pyridine rings is 2. The summed E-state index contributed by atoms with van der Waals surface area (Å²) < 4.78 is 20.4. The average Bonchev–Trinajstić information content (AvgIpc) is 3.25. The van der Waals surface area contributed by atoms with Crippen LogP contribution in [0.5, 0.6) is 11.5 Å². The fourth-order valence-electron chi connectivity index (χ4n) is 9.09. The van der Waals surface area contributed by atoms with E-state index >= 15 is 0 Å². The first-order valence-electron chi connectivity index (χ1n) is 21.7. The van der Waals surface area contributed by atoms with Crippen LogP contribution in [0.3, 0.4) is 0 Å². The second-order valence-corrected chi connectivity index (χ2v) is 16.9. The predicted octanol–water partition coefficient (Wildman–Crippen LogP) is 7.58. The van der Waals surface area contributed by atoms with Gasteiger partial charge in [-0.15, -0.1) is 0 Å². The van der Waals surface area contributed by atoms with Crippen LogP contribution in [0.2, 0.25) is 5.02 Å². The van der Waals surface area contributed by atoms with E-state index in [2.05, 4.69) is 39.2 Å². The highest BCUT2D eigenvalue weighted by Gasteiger charge is 2.31. The number of amides is 2. The lowest BCUT2D eigenvalue weighted by atomic mass is 9.91. The first-order valence-corrected chi connectivity index (χ1v) is 22.1. The lowest BCUT2D eigenvalue weighted by Crippen LogP contribution is -2.45. The summed E-state index contributed by atoms with van der Waals surface area (Å²) in [4.78, 5) is 50.0. The summed E-state index contributed by atoms with van der Waals surface area (Å²) in [5.74, 6) is 2.40. The molecule has 0 bridgehead atoms. The number of rotatable bonds is 13. The second-order valence-electron chi connectivity index (χ2n) is 16.5. The van der Waals surface area contributed by atoms with Gasteiger partial charge in [0, 0.05) is 87.5 Å². The van der Waals surface area contributed by atoms with Crippen LogP contribution in [0, 0.1) is 0 Å². The molecule has 2 aromatic carbocycles. The van der Waals surface area contributed by atoms with Gasteiger partial charge in [0.2, 0.25) is 5.91 Å². The minimum atomic E-state index is -0.0233. The lowest BCUT2D eigenvalue weighted by molar-refractivity contribution is -0.120. The third kappa shape index (κ3) is 8.92. The number of fused-ring (bicyclic) bond motifs is 1. The number of piperidine rings is 2. The van der Waals surface area contributed by atoms with Crippen molar-refractivity contribution in [3.8, 4) is 22.6 Å².